The van der Waals surface area contributed by atoms with Crippen LogP contribution < -0.4 is 4.90 Å². The van der Waals surface area contributed by atoms with E-state index in [4.69, 9.17) is 13.9 Å². The molecule has 0 unspecified atom stereocenters. The van der Waals surface area contributed by atoms with Crippen molar-refractivity contribution in [3.8, 4) is 11.1 Å². The molecule has 0 saturated heterocycles. The zero-order valence-electron chi connectivity index (χ0n) is 29.2. The van der Waals surface area contributed by atoms with Crippen molar-refractivity contribution < 1.29 is 28.3 Å². The number of carbonyl (C=O) groups is 3. The Morgan fingerprint density at radius 3 is 1.87 bits per heavy atom. The number of ether oxygens (including phenoxy) is 2. The number of amides is 2. The lowest BCUT2D eigenvalue weighted by atomic mass is 10.00. The molecule has 0 spiro atoms. The third-order valence-electron chi connectivity index (χ3n) is 7.65. The van der Waals surface area contributed by atoms with Crippen molar-refractivity contribution >= 4 is 43.1 Å². The van der Waals surface area contributed by atoms with Crippen molar-refractivity contribution in [2.75, 3.05) is 11.5 Å². The van der Waals surface area contributed by atoms with E-state index >= 15 is 0 Å². The molecular formula is C34H50N4O6Si. The molecule has 2 amide bonds. The first kappa shape index (κ1) is 35.9. The minimum absolute atomic E-state index is 0.0298. The highest BCUT2D eigenvalue weighted by Gasteiger charge is 2.38. The van der Waals surface area contributed by atoms with Crippen LogP contribution in [0.3, 0.4) is 0 Å². The van der Waals surface area contributed by atoms with E-state index in [2.05, 4.69) is 43.8 Å². The van der Waals surface area contributed by atoms with Gasteiger partial charge in [0.25, 0.3) is 0 Å². The fourth-order valence-corrected chi connectivity index (χ4v) is 5.63. The summed E-state index contributed by atoms with van der Waals surface area (Å²) in [5.74, 6) is -0.223. The molecule has 246 valence electrons. The van der Waals surface area contributed by atoms with Crippen LogP contribution >= 0.6 is 0 Å². The molecule has 0 atom stereocenters. The summed E-state index contributed by atoms with van der Waals surface area (Å²) in [7, 11) is -1.98. The van der Waals surface area contributed by atoms with Crippen LogP contribution in [0.5, 0.6) is 0 Å². The summed E-state index contributed by atoms with van der Waals surface area (Å²) in [6, 6.07) is 7.70. The van der Waals surface area contributed by atoms with Gasteiger partial charge < -0.3 is 18.5 Å². The number of imide groups is 1. The lowest BCUT2D eigenvalue weighted by molar-refractivity contribution is 0.0429. The van der Waals surface area contributed by atoms with Gasteiger partial charge in [0.2, 0.25) is 0 Å². The molecule has 10 nitrogen and oxygen atoms in total. The Hall–Kier alpha value is -3.57. The van der Waals surface area contributed by atoms with Gasteiger partial charge in [-0.2, -0.15) is 4.90 Å². The fourth-order valence-electron chi connectivity index (χ4n) is 4.54. The molecule has 0 N–H and O–H groups in total. The molecule has 45 heavy (non-hydrogen) atoms. The summed E-state index contributed by atoms with van der Waals surface area (Å²) in [5.41, 5.74) is 1.26. The number of hydrogen-bond acceptors (Lipinski definition) is 8. The van der Waals surface area contributed by atoms with E-state index in [1.165, 1.54) is 13.3 Å². The summed E-state index contributed by atoms with van der Waals surface area (Å²) >= 11 is 0. The van der Waals surface area contributed by atoms with Crippen molar-refractivity contribution in [1.82, 2.24) is 14.5 Å². The van der Waals surface area contributed by atoms with Crippen LogP contribution in [0.25, 0.3) is 22.2 Å². The zero-order chi connectivity index (χ0) is 34.1. The van der Waals surface area contributed by atoms with Crippen molar-refractivity contribution in [2.24, 2.45) is 0 Å². The molecule has 2 heterocycles. The number of carbonyl (C=O) groups excluding carboxylic acids is 3. The third kappa shape index (κ3) is 8.58. The SMILES string of the molecule is CC(=O)c1c(-c2ccc(C)cc2)c2c(N(C(=O)OC(C)(C)C)C(=O)OC(C)(C)C)ncnc2n1CCCO[Si](C)(C)C(C)(C)C. The molecule has 0 radical (unpaired) electrons. The highest BCUT2D eigenvalue weighted by Crippen LogP contribution is 2.41. The van der Waals surface area contributed by atoms with Crippen LogP contribution in [-0.4, -0.2) is 58.6 Å². The molecule has 3 rings (SSSR count). The average molecular weight is 639 g/mol. The normalized spacial score (nSPS) is 12.7. The molecule has 0 saturated carbocycles. The summed E-state index contributed by atoms with van der Waals surface area (Å²) in [6.07, 6.45) is -0.00586. The van der Waals surface area contributed by atoms with Gasteiger partial charge in [-0.15, -0.1) is 0 Å². The molecule has 0 fully saturated rings. The maximum atomic E-state index is 13.7. The van der Waals surface area contributed by atoms with Gasteiger partial charge in [0.15, 0.2) is 19.9 Å². The first-order chi connectivity index (χ1) is 20.5. The van der Waals surface area contributed by atoms with Crippen molar-refractivity contribution in [3.05, 3.63) is 41.9 Å². The Bertz CT molecular complexity index is 1530. The number of nitrogens with zero attached hydrogens (tertiary/aromatic N) is 4. The predicted molar refractivity (Wildman–Crippen MR) is 180 cm³/mol. The standard InChI is InChI=1S/C34H50N4O6Si/c1-22-15-17-24(18-16-22)25-26-28(37(27(25)23(2)39)19-14-20-42-45(12,13)34(9,10)11)35-21-36-29(26)38(30(40)43-32(3,4)5)31(41)44-33(6,7)8/h15-18,21H,14,19-20H2,1-13H3. The van der Waals surface area contributed by atoms with Crippen LogP contribution in [0.15, 0.2) is 30.6 Å². The number of hydrogen-bond donors (Lipinski definition) is 0. The van der Waals surface area contributed by atoms with Gasteiger partial charge in [-0.25, -0.2) is 19.6 Å². The van der Waals surface area contributed by atoms with Gasteiger partial charge >= 0.3 is 12.2 Å². The smallest absolute Gasteiger partial charge is 0.425 e. The molecule has 11 heteroatoms. The third-order valence-corrected chi connectivity index (χ3v) is 12.2. The highest BCUT2D eigenvalue weighted by atomic mass is 28.4. The summed E-state index contributed by atoms with van der Waals surface area (Å²) in [6.45, 7) is 25.7. The zero-order valence-corrected chi connectivity index (χ0v) is 30.2. The highest BCUT2D eigenvalue weighted by molar-refractivity contribution is 6.74. The first-order valence-corrected chi connectivity index (χ1v) is 18.3. The topological polar surface area (TPSA) is 113 Å². The minimum atomic E-state index is -1.98. The lowest BCUT2D eigenvalue weighted by Crippen LogP contribution is -2.44. The minimum Gasteiger partial charge on any atom is -0.443 e. The van der Waals surface area contributed by atoms with Crippen LogP contribution in [0.1, 0.15) is 91.7 Å². The molecule has 2 aromatic heterocycles. The van der Waals surface area contributed by atoms with E-state index in [0.29, 0.717) is 41.9 Å². The largest absolute Gasteiger partial charge is 0.443 e. The van der Waals surface area contributed by atoms with E-state index in [-0.39, 0.29) is 16.6 Å². The van der Waals surface area contributed by atoms with Crippen LogP contribution in [0, 0.1) is 6.92 Å². The van der Waals surface area contributed by atoms with Crippen LogP contribution in [0.4, 0.5) is 15.4 Å². The van der Waals surface area contributed by atoms with E-state index in [1.807, 2.05) is 35.8 Å². The monoisotopic (exact) mass is 638 g/mol. The Morgan fingerprint density at radius 2 is 1.40 bits per heavy atom. The lowest BCUT2D eigenvalue weighted by Gasteiger charge is -2.36. The second-order valence-electron chi connectivity index (χ2n) is 15.0. The van der Waals surface area contributed by atoms with Crippen molar-refractivity contribution in [1.29, 1.82) is 0 Å². The van der Waals surface area contributed by atoms with E-state index < -0.39 is 31.7 Å². The Balaban J connectivity index is 2.31. The van der Waals surface area contributed by atoms with Crippen molar-refractivity contribution in [2.45, 2.75) is 118 Å². The molecule has 0 aliphatic rings. The molecule has 1 aromatic carbocycles. The number of benzene rings is 1. The van der Waals surface area contributed by atoms with E-state index in [0.717, 1.165) is 16.0 Å². The number of aromatic nitrogens is 3. The Kier molecular flexibility index (Phi) is 10.4. The van der Waals surface area contributed by atoms with Gasteiger partial charge in [0, 0.05) is 25.6 Å². The second-order valence-corrected chi connectivity index (χ2v) is 19.8. The predicted octanol–water partition coefficient (Wildman–Crippen LogP) is 8.70. The second kappa shape index (κ2) is 13.0. The van der Waals surface area contributed by atoms with Gasteiger partial charge in [0.1, 0.15) is 23.2 Å². The maximum Gasteiger partial charge on any atom is 0.425 e. The van der Waals surface area contributed by atoms with E-state index in [1.54, 1.807) is 41.5 Å². The maximum absolute atomic E-state index is 13.7. The first-order valence-electron chi connectivity index (χ1n) is 15.4. The number of Topliss-reactive ketones (excluding diaryl/α,β-unsaturated/α-hetero) is 1. The Labute approximate surface area is 268 Å². The molecule has 0 bridgehead atoms. The van der Waals surface area contributed by atoms with Gasteiger partial charge in [-0.3, -0.25) is 4.79 Å². The Morgan fingerprint density at radius 1 is 0.867 bits per heavy atom. The quantitative estimate of drug-likeness (QED) is 0.137. The molecule has 0 aliphatic carbocycles. The van der Waals surface area contributed by atoms with Gasteiger partial charge in [-0.05, 0) is 78.6 Å². The van der Waals surface area contributed by atoms with Crippen LogP contribution in [-0.2, 0) is 20.4 Å². The molecular weight excluding hydrogens is 588 g/mol. The number of ketones is 1. The average Bonchev–Trinajstić information content (AvgIpc) is 3.19. The molecule has 3 aromatic rings. The number of fused-ring (bicyclic) bond motifs is 1. The number of anilines is 1. The van der Waals surface area contributed by atoms with E-state index in [9.17, 15) is 14.4 Å². The van der Waals surface area contributed by atoms with Gasteiger partial charge in [0.05, 0.1) is 11.1 Å². The summed E-state index contributed by atoms with van der Waals surface area (Å²) in [4.78, 5) is 50.7. The molecule has 0 aliphatic heterocycles. The number of aryl methyl sites for hydroxylation is 2. The number of rotatable bonds is 8. The van der Waals surface area contributed by atoms with Crippen molar-refractivity contribution in [3.63, 3.8) is 0 Å². The summed E-state index contributed by atoms with van der Waals surface area (Å²) in [5, 5.41) is 0.430. The van der Waals surface area contributed by atoms with Crippen LogP contribution in [0.2, 0.25) is 18.1 Å². The summed E-state index contributed by atoms with van der Waals surface area (Å²) < 4.78 is 19.6. The van der Waals surface area contributed by atoms with Gasteiger partial charge in [-0.1, -0.05) is 50.6 Å². The fraction of sp³-hybridized carbons (Fsp3) is 0.559.